The number of aliphatic hydroxyl groups excluding tert-OH is 3. The minimum absolute atomic E-state index is 0.0534. The van der Waals surface area contributed by atoms with Crippen molar-refractivity contribution >= 4 is 69.3 Å². The van der Waals surface area contributed by atoms with Crippen LogP contribution in [0.25, 0.3) is 0 Å². The molecule has 65 heavy (non-hydrogen) atoms. The van der Waals surface area contributed by atoms with Gasteiger partial charge in [-0.3, -0.25) is 19.2 Å². The number of aliphatic hydroxyl groups is 3. The van der Waals surface area contributed by atoms with Gasteiger partial charge in [0, 0.05) is 65.9 Å². The van der Waals surface area contributed by atoms with E-state index in [-0.39, 0.29) is 18.6 Å². The van der Waals surface area contributed by atoms with Crippen LogP contribution in [0.4, 0.5) is 0 Å². The average Bonchev–Trinajstić information content (AvgIpc) is 4.15. The van der Waals surface area contributed by atoms with E-state index in [2.05, 4.69) is 11.4 Å². The van der Waals surface area contributed by atoms with Gasteiger partial charge in [-0.1, -0.05) is 108 Å². The molecule has 0 radical (unpaired) electrons. The maximum atomic E-state index is 12.8. The van der Waals surface area contributed by atoms with E-state index in [0.717, 1.165) is 70.7 Å². The molecular formula is C51H50Cl2N2O8S2. The van der Waals surface area contributed by atoms with Gasteiger partial charge >= 0.3 is 0 Å². The fraction of sp³-hybridized carbons (Fsp3) is 0.294. The Kier molecular flexibility index (Phi) is 16.6. The number of carbonyl (C=O) groups is 4. The number of benzene rings is 4. The molecular weight excluding hydrogens is 904 g/mol. The summed E-state index contributed by atoms with van der Waals surface area (Å²) in [6, 6.07) is 35.0. The molecule has 0 fully saturated rings. The van der Waals surface area contributed by atoms with Gasteiger partial charge in [0.05, 0.1) is 0 Å². The Morgan fingerprint density at radius 2 is 0.954 bits per heavy atom. The molecule has 2 amide bonds. The molecule has 0 saturated carbocycles. The van der Waals surface area contributed by atoms with E-state index in [0.29, 0.717) is 45.4 Å². The molecule has 2 aromatic heterocycles. The zero-order valence-electron chi connectivity index (χ0n) is 35.8. The number of hydrogen-bond donors (Lipinski definition) is 3. The van der Waals surface area contributed by atoms with Crippen molar-refractivity contribution in [1.82, 2.24) is 9.80 Å². The van der Waals surface area contributed by atoms with Gasteiger partial charge in [0.25, 0.3) is 11.8 Å². The summed E-state index contributed by atoms with van der Waals surface area (Å²) in [7, 11) is 1.35. The largest absolute Gasteiger partial charge is 0.382 e. The molecule has 4 atom stereocenters. The number of carbonyl (C=O) groups excluding carboxylic acids is 4. The number of ketones is 2. The minimum atomic E-state index is -1.75. The second kappa shape index (κ2) is 22.4. The van der Waals surface area contributed by atoms with Gasteiger partial charge in [0.1, 0.15) is 6.10 Å². The van der Waals surface area contributed by atoms with Crippen LogP contribution in [-0.2, 0) is 75.8 Å². The van der Waals surface area contributed by atoms with Gasteiger partial charge in [0.15, 0.2) is 29.9 Å². The lowest BCUT2D eigenvalue weighted by Crippen LogP contribution is -2.47. The number of halogens is 2. The molecule has 2 aliphatic rings. The third kappa shape index (κ3) is 12.3. The Hall–Kier alpha value is -5.02. The highest BCUT2D eigenvalue weighted by Crippen LogP contribution is 2.28. The standard InChI is InChI=1S/C26H26ClNO4S.C25H24ClNO4S/c1-32-25(24(30)26(31)28-14-19-7-2-3-8-20(19)15-28)23(29)11-10-21-13-17(16-33-21)12-18-6-4-5-9-22(18)27;26-21-8-4-3-5-17(21)11-16-12-20(32-15-16)9-10-22(28)23(29)24(30)25(31)27-13-18-6-1-2-7-19(18)14-27/h2-9,13,16,24-25,30H,10-12,14-15H2,1H3;1-8,12,15,23-24,29-30H,9-11,13-14H2/t24-,25+;23-,24+/m10/s1. The van der Waals surface area contributed by atoms with Crippen molar-refractivity contribution in [2.45, 2.75) is 89.1 Å². The van der Waals surface area contributed by atoms with Gasteiger partial charge in [-0.15, -0.1) is 22.7 Å². The van der Waals surface area contributed by atoms with Gasteiger partial charge < -0.3 is 29.9 Å². The molecule has 6 aromatic rings. The van der Waals surface area contributed by atoms with Crippen LogP contribution >= 0.6 is 45.9 Å². The first-order valence-corrected chi connectivity index (χ1v) is 23.8. The fourth-order valence-electron chi connectivity index (χ4n) is 8.04. The molecule has 2 aliphatic heterocycles. The number of amides is 2. The summed E-state index contributed by atoms with van der Waals surface area (Å²) in [5, 5.41) is 36.8. The van der Waals surface area contributed by atoms with Crippen LogP contribution in [0.5, 0.6) is 0 Å². The predicted octanol–water partition coefficient (Wildman–Crippen LogP) is 8.17. The smallest absolute Gasteiger partial charge is 0.255 e. The lowest BCUT2D eigenvalue weighted by Gasteiger charge is -2.24. The topological polar surface area (TPSA) is 145 Å². The summed E-state index contributed by atoms with van der Waals surface area (Å²) >= 11 is 15.6. The molecule has 0 spiro atoms. The first kappa shape index (κ1) is 47.9. The third-order valence-corrected chi connectivity index (χ3v) is 14.5. The number of fused-ring (bicyclic) bond motifs is 2. The molecule has 4 heterocycles. The number of nitrogens with zero attached hydrogens (tertiary/aromatic N) is 2. The van der Waals surface area contributed by atoms with Crippen LogP contribution in [-0.4, -0.2) is 80.0 Å². The van der Waals surface area contributed by atoms with E-state index < -0.39 is 42.0 Å². The minimum Gasteiger partial charge on any atom is -0.382 e. The maximum absolute atomic E-state index is 12.8. The van der Waals surface area contributed by atoms with Crippen molar-refractivity contribution in [2.75, 3.05) is 7.11 Å². The predicted molar refractivity (Wildman–Crippen MR) is 254 cm³/mol. The molecule has 0 aliphatic carbocycles. The number of aryl methyl sites for hydroxylation is 2. The summed E-state index contributed by atoms with van der Waals surface area (Å²) in [5.74, 6) is -1.93. The van der Waals surface area contributed by atoms with Gasteiger partial charge in [-0.25, -0.2) is 0 Å². The molecule has 10 nitrogen and oxygen atoms in total. The number of ether oxygens (including phenoxy) is 1. The summed E-state index contributed by atoms with van der Waals surface area (Å²) in [4.78, 5) is 55.8. The quantitative estimate of drug-likeness (QED) is 0.0831. The van der Waals surface area contributed by atoms with Crippen molar-refractivity contribution in [3.63, 3.8) is 0 Å². The molecule has 4 aromatic carbocycles. The van der Waals surface area contributed by atoms with Crippen molar-refractivity contribution in [2.24, 2.45) is 0 Å². The van der Waals surface area contributed by atoms with Crippen molar-refractivity contribution in [3.05, 3.63) is 184 Å². The van der Waals surface area contributed by atoms with E-state index in [9.17, 15) is 34.5 Å². The second-order valence-electron chi connectivity index (χ2n) is 16.2. The second-order valence-corrected chi connectivity index (χ2v) is 19.0. The van der Waals surface area contributed by atoms with E-state index in [4.69, 9.17) is 27.9 Å². The SMILES string of the molecule is CO[C@@H](C(=O)CCc1cc(Cc2ccccc2Cl)cs1)[C@@H](O)C(=O)N1Cc2ccccc2C1.O=C(CCc1cc(Cc2ccccc2Cl)cs1)[C@H](O)[C@@H](O)C(=O)N1Cc2ccccc2C1. The molecule has 0 saturated heterocycles. The molecule has 0 bridgehead atoms. The van der Waals surface area contributed by atoms with E-state index in [1.807, 2.05) is 109 Å². The lowest BCUT2D eigenvalue weighted by molar-refractivity contribution is -0.154. The Balaban J connectivity index is 0.000000194. The summed E-state index contributed by atoms with van der Waals surface area (Å²) in [5.41, 5.74) is 8.49. The number of thiophene rings is 2. The highest BCUT2D eigenvalue weighted by molar-refractivity contribution is 7.10. The van der Waals surface area contributed by atoms with Crippen molar-refractivity contribution < 1.29 is 39.2 Å². The van der Waals surface area contributed by atoms with Crippen LogP contribution < -0.4 is 0 Å². The van der Waals surface area contributed by atoms with Crippen molar-refractivity contribution in [3.8, 4) is 0 Å². The van der Waals surface area contributed by atoms with Crippen LogP contribution in [0.2, 0.25) is 10.0 Å². The Labute approximate surface area is 396 Å². The maximum Gasteiger partial charge on any atom is 0.255 e. The molecule has 14 heteroatoms. The van der Waals surface area contributed by atoms with Gasteiger partial charge in [0.2, 0.25) is 0 Å². The number of rotatable bonds is 17. The summed E-state index contributed by atoms with van der Waals surface area (Å²) < 4.78 is 5.26. The highest BCUT2D eigenvalue weighted by atomic mass is 35.5. The molecule has 8 rings (SSSR count). The number of Topliss-reactive ketones (excluding diaryl/α,β-unsaturated/α-hetero) is 2. The van der Waals surface area contributed by atoms with Crippen molar-refractivity contribution in [1.29, 1.82) is 0 Å². The number of methoxy groups -OCH3 is 1. The summed E-state index contributed by atoms with van der Waals surface area (Å²) in [6.07, 6.45) is -3.52. The normalized spacial score (nSPS) is 14.7. The number of hydrogen-bond acceptors (Lipinski definition) is 10. The zero-order valence-corrected chi connectivity index (χ0v) is 38.9. The molecule has 0 unspecified atom stereocenters. The molecule has 3 N–H and O–H groups in total. The average molecular weight is 954 g/mol. The van der Waals surface area contributed by atoms with Gasteiger partial charge in [-0.05, 0) is 105 Å². The Morgan fingerprint density at radius 3 is 1.37 bits per heavy atom. The van der Waals surface area contributed by atoms with E-state index >= 15 is 0 Å². The van der Waals surface area contributed by atoms with E-state index in [1.54, 1.807) is 27.6 Å². The van der Waals surface area contributed by atoms with Gasteiger partial charge in [-0.2, -0.15) is 0 Å². The van der Waals surface area contributed by atoms with E-state index in [1.165, 1.54) is 12.0 Å². The highest BCUT2D eigenvalue weighted by Gasteiger charge is 2.37. The van der Waals surface area contributed by atoms with Crippen LogP contribution in [0.3, 0.4) is 0 Å². The first-order chi connectivity index (χ1) is 31.4. The Morgan fingerprint density at radius 1 is 0.569 bits per heavy atom. The monoisotopic (exact) mass is 952 g/mol. The van der Waals surface area contributed by atoms with Crippen LogP contribution in [0, 0.1) is 0 Å². The first-order valence-electron chi connectivity index (χ1n) is 21.3. The van der Waals surface area contributed by atoms with Crippen LogP contribution in [0.1, 0.15) is 67.1 Å². The zero-order chi connectivity index (χ0) is 46.0. The van der Waals surface area contributed by atoms with Crippen LogP contribution in [0.15, 0.2) is 120 Å². The Bertz CT molecular complexity index is 2580. The lowest BCUT2D eigenvalue weighted by atomic mass is 10.0. The molecule has 338 valence electrons. The fourth-order valence-corrected chi connectivity index (χ4v) is 10.2. The third-order valence-electron chi connectivity index (χ3n) is 11.7. The summed E-state index contributed by atoms with van der Waals surface area (Å²) in [6.45, 7) is 1.60.